The standard InChI is InChI=1S/C13H13NO3/c1-9(2)10-3-5-11(6-4-10)17-13(16)8-7-12(14)15/h3-8H,1H2,2H3,(H2,14,15)/b8-7-. The number of rotatable bonds is 4. The third-order valence-corrected chi connectivity index (χ3v) is 1.95. The van der Waals surface area contributed by atoms with Crippen LogP contribution in [0, 0.1) is 0 Å². The maximum Gasteiger partial charge on any atom is 0.336 e. The van der Waals surface area contributed by atoms with Crippen molar-refractivity contribution in [2.45, 2.75) is 6.92 Å². The van der Waals surface area contributed by atoms with E-state index in [1.165, 1.54) is 0 Å². The van der Waals surface area contributed by atoms with Gasteiger partial charge in [0.15, 0.2) is 0 Å². The average molecular weight is 231 g/mol. The van der Waals surface area contributed by atoms with E-state index in [-0.39, 0.29) is 0 Å². The lowest BCUT2D eigenvalue weighted by Crippen LogP contribution is -2.09. The van der Waals surface area contributed by atoms with Crippen LogP contribution in [0.4, 0.5) is 0 Å². The summed E-state index contributed by atoms with van der Waals surface area (Å²) >= 11 is 0. The molecule has 0 atom stereocenters. The molecule has 0 saturated heterocycles. The van der Waals surface area contributed by atoms with Gasteiger partial charge in [-0.15, -0.1) is 0 Å². The van der Waals surface area contributed by atoms with Crippen molar-refractivity contribution in [1.82, 2.24) is 0 Å². The van der Waals surface area contributed by atoms with E-state index in [2.05, 4.69) is 6.58 Å². The molecule has 88 valence electrons. The van der Waals surface area contributed by atoms with Crippen LogP contribution in [0.25, 0.3) is 5.57 Å². The van der Waals surface area contributed by atoms with Crippen molar-refractivity contribution in [2.24, 2.45) is 5.73 Å². The van der Waals surface area contributed by atoms with Crippen LogP contribution < -0.4 is 10.5 Å². The fourth-order valence-electron chi connectivity index (χ4n) is 1.11. The van der Waals surface area contributed by atoms with Gasteiger partial charge in [0.2, 0.25) is 5.91 Å². The van der Waals surface area contributed by atoms with Gasteiger partial charge in [0, 0.05) is 12.2 Å². The maximum atomic E-state index is 11.2. The van der Waals surface area contributed by atoms with Crippen molar-refractivity contribution in [3.63, 3.8) is 0 Å². The summed E-state index contributed by atoms with van der Waals surface area (Å²) in [5, 5.41) is 0. The summed E-state index contributed by atoms with van der Waals surface area (Å²) in [7, 11) is 0. The Morgan fingerprint density at radius 1 is 1.24 bits per heavy atom. The summed E-state index contributed by atoms with van der Waals surface area (Å²) in [6.07, 6.45) is 1.93. The number of benzene rings is 1. The van der Waals surface area contributed by atoms with Crippen molar-refractivity contribution in [1.29, 1.82) is 0 Å². The Bertz CT molecular complexity index is 472. The van der Waals surface area contributed by atoms with Crippen LogP contribution in [0.3, 0.4) is 0 Å². The second-order valence-electron chi connectivity index (χ2n) is 3.46. The average Bonchev–Trinajstić information content (AvgIpc) is 2.27. The van der Waals surface area contributed by atoms with E-state index in [9.17, 15) is 9.59 Å². The zero-order valence-electron chi connectivity index (χ0n) is 9.47. The Kier molecular flexibility index (Phi) is 4.22. The minimum Gasteiger partial charge on any atom is -0.423 e. The summed E-state index contributed by atoms with van der Waals surface area (Å²) in [6.45, 7) is 5.68. The van der Waals surface area contributed by atoms with Crippen LogP contribution in [0.5, 0.6) is 5.75 Å². The molecule has 0 radical (unpaired) electrons. The van der Waals surface area contributed by atoms with Gasteiger partial charge in [0.25, 0.3) is 0 Å². The molecule has 17 heavy (non-hydrogen) atoms. The van der Waals surface area contributed by atoms with Gasteiger partial charge < -0.3 is 10.5 Å². The first-order chi connectivity index (χ1) is 7.99. The number of esters is 1. The van der Waals surface area contributed by atoms with Crippen LogP contribution in [0.15, 0.2) is 43.0 Å². The Labute approximate surface area is 99.4 Å². The van der Waals surface area contributed by atoms with Crippen molar-refractivity contribution < 1.29 is 14.3 Å². The Morgan fingerprint density at radius 2 is 1.82 bits per heavy atom. The Balaban J connectivity index is 2.66. The normalized spacial score (nSPS) is 10.2. The highest BCUT2D eigenvalue weighted by Gasteiger charge is 2.01. The van der Waals surface area contributed by atoms with E-state index in [1.807, 2.05) is 6.92 Å². The molecular formula is C13H13NO3. The molecule has 0 fully saturated rings. The number of carbonyl (C=O) groups excluding carboxylic acids is 2. The molecular weight excluding hydrogens is 218 g/mol. The second-order valence-corrected chi connectivity index (χ2v) is 3.46. The molecule has 0 heterocycles. The smallest absolute Gasteiger partial charge is 0.336 e. The highest BCUT2D eigenvalue weighted by atomic mass is 16.5. The van der Waals surface area contributed by atoms with Gasteiger partial charge in [0.05, 0.1) is 0 Å². The summed E-state index contributed by atoms with van der Waals surface area (Å²) < 4.78 is 4.94. The van der Waals surface area contributed by atoms with E-state index >= 15 is 0 Å². The van der Waals surface area contributed by atoms with Gasteiger partial charge in [-0.3, -0.25) is 4.79 Å². The minimum absolute atomic E-state index is 0.397. The summed E-state index contributed by atoms with van der Waals surface area (Å²) in [5.74, 6) is -0.944. The molecule has 1 aromatic rings. The van der Waals surface area contributed by atoms with Crippen molar-refractivity contribution in [2.75, 3.05) is 0 Å². The maximum absolute atomic E-state index is 11.2. The van der Waals surface area contributed by atoms with Crippen molar-refractivity contribution >= 4 is 17.4 Å². The lowest BCUT2D eigenvalue weighted by Gasteiger charge is -2.03. The number of allylic oxidation sites excluding steroid dienone is 1. The predicted molar refractivity (Wildman–Crippen MR) is 65.1 cm³/mol. The topological polar surface area (TPSA) is 69.4 Å². The molecule has 0 aromatic heterocycles. The van der Waals surface area contributed by atoms with Crippen LogP contribution >= 0.6 is 0 Å². The van der Waals surface area contributed by atoms with Gasteiger partial charge in [-0.25, -0.2) is 4.79 Å². The fraction of sp³-hybridized carbons (Fsp3) is 0.0769. The van der Waals surface area contributed by atoms with E-state index < -0.39 is 11.9 Å². The highest BCUT2D eigenvalue weighted by Crippen LogP contribution is 2.17. The minimum atomic E-state index is -0.695. The summed E-state index contributed by atoms with van der Waals surface area (Å²) in [5.41, 5.74) is 6.74. The first kappa shape index (κ1) is 12.7. The number of primary amides is 1. The number of carbonyl (C=O) groups is 2. The van der Waals surface area contributed by atoms with E-state index in [4.69, 9.17) is 10.5 Å². The van der Waals surface area contributed by atoms with Gasteiger partial charge in [-0.1, -0.05) is 24.3 Å². The first-order valence-corrected chi connectivity index (χ1v) is 4.94. The van der Waals surface area contributed by atoms with E-state index in [0.29, 0.717) is 5.75 Å². The van der Waals surface area contributed by atoms with Gasteiger partial charge in [0.1, 0.15) is 5.75 Å². The van der Waals surface area contributed by atoms with Crippen molar-refractivity contribution in [3.05, 3.63) is 48.6 Å². The van der Waals surface area contributed by atoms with E-state index in [0.717, 1.165) is 23.3 Å². The molecule has 0 unspecified atom stereocenters. The number of amides is 1. The van der Waals surface area contributed by atoms with Crippen molar-refractivity contribution in [3.8, 4) is 5.75 Å². The molecule has 0 spiro atoms. The first-order valence-electron chi connectivity index (χ1n) is 4.94. The molecule has 1 amide bonds. The molecule has 4 heteroatoms. The lowest BCUT2D eigenvalue weighted by atomic mass is 10.1. The fourth-order valence-corrected chi connectivity index (χ4v) is 1.11. The Morgan fingerprint density at radius 3 is 2.29 bits per heavy atom. The largest absolute Gasteiger partial charge is 0.423 e. The van der Waals surface area contributed by atoms with E-state index in [1.54, 1.807) is 24.3 Å². The second kappa shape index (κ2) is 5.65. The molecule has 0 aliphatic carbocycles. The molecule has 1 aromatic carbocycles. The SMILES string of the molecule is C=C(C)c1ccc(OC(=O)/C=C\C(N)=O)cc1. The number of nitrogens with two attached hydrogens (primary N) is 1. The molecule has 0 bridgehead atoms. The molecule has 0 saturated carbocycles. The zero-order valence-corrected chi connectivity index (χ0v) is 9.47. The van der Waals surface area contributed by atoms with Gasteiger partial charge in [-0.05, 0) is 24.6 Å². The monoisotopic (exact) mass is 231 g/mol. The Hall–Kier alpha value is -2.36. The van der Waals surface area contributed by atoms with Crippen LogP contribution in [-0.2, 0) is 9.59 Å². The summed E-state index contributed by atoms with van der Waals surface area (Å²) in [4.78, 5) is 21.6. The number of ether oxygens (including phenoxy) is 1. The van der Waals surface area contributed by atoms with Crippen LogP contribution in [0.2, 0.25) is 0 Å². The third-order valence-electron chi connectivity index (χ3n) is 1.95. The zero-order chi connectivity index (χ0) is 12.8. The lowest BCUT2D eigenvalue weighted by molar-refractivity contribution is -0.129. The molecule has 4 nitrogen and oxygen atoms in total. The molecule has 1 rings (SSSR count). The molecule has 0 aliphatic rings. The number of hydrogen-bond acceptors (Lipinski definition) is 3. The van der Waals surface area contributed by atoms with Crippen LogP contribution in [-0.4, -0.2) is 11.9 Å². The molecule has 2 N–H and O–H groups in total. The predicted octanol–water partition coefficient (Wildman–Crippen LogP) is 1.67. The number of hydrogen-bond donors (Lipinski definition) is 1. The summed E-state index contributed by atoms with van der Waals surface area (Å²) in [6, 6.07) is 6.89. The third kappa shape index (κ3) is 4.34. The van der Waals surface area contributed by atoms with Crippen LogP contribution in [0.1, 0.15) is 12.5 Å². The van der Waals surface area contributed by atoms with Gasteiger partial charge >= 0.3 is 5.97 Å². The van der Waals surface area contributed by atoms with Gasteiger partial charge in [-0.2, -0.15) is 0 Å². The highest BCUT2D eigenvalue weighted by molar-refractivity contribution is 5.94. The quantitative estimate of drug-likeness (QED) is 0.486. The molecule has 0 aliphatic heterocycles.